The smallest absolute Gasteiger partial charge is 0.342 e. The van der Waals surface area contributed by atoms with Crippen molar-refractivity contribution in [3.8, 4) is 0 Å². The zero-order chi connectivity index (χ0) is 17.0. The minimum Gasteiger partial charge on any atom is -0.466 e. The number of esters is 1. The molecule has 0 radical (unpaired) electrons. The molecule has 0 aliphatic rings. The van der Waals surface area contributed by atoms with E-state index < -0.39 is 5.97 Å². The highest BCUT2D eigenvalue weighted by molar-refractivity contribution is 6.30. The van der Waals surface area contributed by atoms with Crippen molar-refractivity contribution in [1.29, 1.82) is 0 Å². The summed E-state index contributed by atoms with van der Waals surface area (Å²) < 4.78 is 10.3. The Kier molecular flexibility index (Phi) is 5.45. The van der Waals surface area contributed by atoms with E-state index >= 15 is 0 Å². The molecule has 2 aromatic rings. The van der Waals surface area contributed by atoms with Crippen molar-refractivity contribution >= 4 is 23.5 Å². The van der Waals surface area contributed by atoms with E-state index in [1.165, 1.54) is 0 Å². The molecule has 1 N–H and O–H groups in total. The van der Waals surface area contributed by atoms with Gasteiger partial charge in [-0.05, 0) is 44.5 Å². The van der Waals surface area contributed by atoms with Crippen molar-refractivity contribution in [3.63, 3.8) is 0 Å². The van der Waals surface area contributed by atoms with E-state index in [-0.39, 0.29) is 18.6 Å². The standard InChI is InChI=1S/C17H18ClNO4/c1-10-7-15(12(3)23-10)17(21)22-9-16(20)19-11(2)13-5-4-6-14(18)8-13/h4-8,11H,9H2,1-3H3,(H,19,20). The molecule has 5 nitrogen and oxygen atoms in total. The van der Waals surface area contributed by atoms with Crippen LogP contribution in [0.15, 0.2) is 34.7 Å². The lowest BCUT2D eigenvalue weighted by atomic mass is 10.1. The number of carbonyl (C=O) groups is 2. The third-order valence-corrected chi connectivity index (χ3v) is 3.56. The van der Waals surface area contributed by atoms with Crippen LogP contribution in [0.2, 0.25) is 5.02 Å². The molecule has 0 aliphatic carbocycles. The second-order valence-corrected chi connectivity index (χ2v) is 5.68. The van der Waals surface area contributed by atoms with Crippen LogP contribution < -0.4 is 5.32 Å². The highest BCUT2D eigenvalue weighted by Crippen LogP contribution is 2.17. The lowest BCUT2D eigenvalue weighted by molar-refractivity contribution is -0.124. The molecule has 2 rings (SSSR count). The molecule has 1 amide bonds. The summed E-state index contributed by atoms with van der Waals surface area (Å²) in [6, 6.07) is 8.56. The van der Waals surface area contributed by atoms with Crippen LogP contribution in [0.5, 0.6) is 0 Å². The molecule has 1 unspecified atom stereocenters. The number of halogens is 1. The maximum absolute atomic E-state index is 11.9. The topological polar surface area (TPSA) is 68.5 Å². The van der Waals surface area contributed by atoms with E-state index in [9.17, 15) is 9.59 Å². The first-order chi connectivity index (χ1) is 10.9. The third kappa shape index (κ3) is 4.60. The number of carbonyl (C=O) groups excluding carboxylic acids is 2. The van der Waals surface area contributed by atoms with Crippen LogP contribution in [0.4, 0.5) is 0 Å². The summed E-state index contributed by atoms with van der Waals surface area (Å²) in [5.41, 5.74) is 1.21. The zero-order valence-electron chi connectivity index (χ0n) is 13.2. The van der Waals surface area contributed by atoms with Crippen LogP contribution in [0.1, 0.15) is 40.4 Å². The Bertz CT molecular complexity index is 723. The number of rotatable bonds is 5. The molecule has 122 valence electrons. The van der Waals surface area contributed by atoms with Gasteiger partial charge in [0.05, 0.1) is 6.04 Å². The fourth-order valence-electron chi connectivity index (χ4n) is 2.18. The number of nitrogens with one attached hydrogen (secondary N) is 1. The summed E-state index contributed by atoms with van der Waals surface area (Å²) in [6.07, 6.45) is 0. The van der Waals surface area contributed by atoms with Gasteiger partial charge in [0, 0.05) is 5.02 Å². The van der Waals surface area contributed by atoms with Crippen molar-refractivity contribution < 1.29 is 18.7 Å². The Labute approximate surface area is 139 Å². The molecule has 0 fully saturated rings. The Hall–Kier alpha value is -2.27. The molecule has 1 heterocycles. The van der Waals surface area contributed by atoms with Gasteiger partial charge in [0.15, 0.2) is 6.61 Å². The normalized spacial score (nSPS) is 11.8. The van der Waals surface area contributed by atoms with E-state index in [1.54, 1.807) is 32.0 Å². The third-order valence-electron chi connectivity index (χ3n) is 3.32. The summed E-state index contributed by atoms with van der Waals surface area (Å²) in [5, 5.41) is 3.35. The summed E-state index contributed by atoms with van der Waals surface area (Å²) in [7, 11) is 0. The highest BCUT2D eigenvalue weighted by atomic mass is 35.5. The van der Waals surface area contributed by atoms with E-state index in [0.717, 1.165) is 5.56 Å². The first-order valence-electron chi connectivity index (χ1n) is 7.16. The Balaban J connectivity index is 1.87. The Morgan fingerprint density at radius 3 is 2.65 bits per heavy atom. The van der Waals surface area contributed by atoms with Gasteiger partial charge in [-0.25, -0.2) is 4.79 Å². The second-order valence-electron chi connectivity index (χ2n) is 5.25. The van der Waals surface area contributed by atoms with Crippen molar-refractivity contribution in [1.82, 2.24) is 5.32 Å². The number of furan rings is 1. The number of hydrogen-bond acceptors (Lipinski definition) is 4. The van der Waals surface area contributed by atoms with Gasteiger partial charge in [0.25, 0.3) is 5.91 Å². The first kappa shape index (κ1) is 17.1. The Morgan fingerprint density at radius 2 is 2.04 bits per heavy atom. The van der Waals surface area contributed by atoms with E-state index in [2.05, 4.69) is 5.32 Å². The minimum atomic E-state index is -0.579. The number of ether oxygens (including phenoxy) is 1. The molecule has 0 saturated heterocycles. The largest absolute Gasteiger partial charge is 0.466 e. The van der Waals surface area contributed by atoms with E-state index in [4.69, 9.17) is 20.8 Å². The van der Waals surface area contributed by atoms with Crippen LogP contribution in [-0.2, 0) is 9.53 Å². The molecule has 23 heavy (non-hydrogen) atoms. The number of aryl methyl sites for hydroxylation is 2. The fraction of sp³-hybridized carbons (Fsp3) is 0.294. The summed E-state index contributed by atoms with van der Waals surface area (Å²) in [4.78, 5) is 23.8. The second kappa shape index (κ2) is 7.33. The zero-order valence-corrected chi connectivity index (χ0v) is 13.9. The fourth-order valence-corrected chi connectivity index (χ4v) is 2.38. The van der Waals surface area contributed by atoms with E-state index in [0.29, 0.717) is 22.1 Å². The van der Waals surface area contributed by atoms with Gasteiger partial charge in [-0.3, -0.25) is 4.79 Å². The van der Waals surface area contributed by atoms with Gasteiger partial charge in [0.1, 0.15) is 17.1 Å². The predicted molar refractivity (Wildman–Crippen MR) is 86.5 cm³/mol. The van der Waals surface area contributed by atoms with Crippen LogP contribution in [0.3, 0.4) is 0 Å². The summed E-state index contributed by atoms with van der Waals surface area (Å²) >= 11 is 5.92. The van der Waals surface area contributed by atoms with Crippen LogP contribution >= 0.6 is 11.6 Å². The maximum Gasteiger partial charge on any atom is 0.342 e. The monoisotopic (exact) mass is 335 g/mol. The van der Waals surface area contributed by atoms with Gasteiger partial charge in [-0.2, -0.15) is 0 Å². The maximum atomic E-state index is 11.9. The van der Waals surface area contributed by atoms with Gasteiger partial charge in [0.2, 0.25) is 0 Å². The molecule has 1 aromatic heterocycles. The predicted octanol–water partition coefficient (Wildman–Crippen LogP) is 3.58. The molecule has 0 aliphatic heterocycles. The molecule has 1 atom stereocenters. The van der Waals surface area contributed by atoms with E-state index in [1.807, 2.05) is 19.1 Å². The van der Waals surface area contributed by atoms with Crippen molar-refractivity contribution in [2.75, 3.05) is 6.61 Å². The van der Waals surface area contributed by atoms with Crippen LogP contribution in [0.25, 0.3) is 0 Å². The molecule has 6 heteroatoms. The first-order valence-corrected chi connectivity index (χ1v) is 7.53. The van der Waals surface area contributed by atoms with Gasteiger partial charge >= 0.3 is 5.97 Å². The number of hydrogen-bond donors (Lipinski definition) is 1. The Morgan fingerprint density at radius 1 is 1.30 bits per heavy atom. The summed E-state index contributed by atoms with van der Waals surface area (Å²) in [6.45, 7) is 4.89. The molecule has 1 aromatic carbocycles. The van der Waals surface area contributed by atoms with Gasteiger partial charge in [-0.15, -0.1) is 0 Å². The van der Waals surface area contributed by atoms with Crippen molar-refractivity contribution in [3.05, 3.63) is 58.0 Å². The lowest BCUT2D eigenvalue weighted by Gasteiger charge is -2.14. The SMILES string of the molecule is Cc1cc(C(=O)OCC(=O)NC(C)c2cccc(Cl)c2)c(C)o1. The highest BCUT2D eigenvalue weighted by Gasteiger charge is 2.17. The molecule has 0 spiro atoms. The average molecular weight is 336 g/mol. The lowest BCUT2D eigenvalue weighted by Crippen LogP contribution is -2.31. The number of amides is 1. The molecular formula is C17H18ClNO4. The average Bonchev–Trinajstić information content (AvgIpc) is 2.83. The van der Waals surface area contributed by atoms with Crippen molar-refractivity contribution in [2.24, 2.45) is 0 Å². The minimum absolute atomic E-state index is 0.238. The molecule has 0 saturated carbocycles. The van der Waals surface area contributed by atoms with Crippen LogP contribution in [-0.4, -0.2) is 18.5 Å². The molecule has 0 bridgehead atoms. The quantitative estimate of drug-likeness (QED) is 0.848. The molecular weight excluding hydrogens is 318 g/mol. The number of benzene rings is 1. The van der Waals surface area contributed by atoms with Gasteiger partial charge < -0.3 is 14.5 Å². The van der Waals surface area contributed by atoms with Gasteiger partial charge in [-0.1, -0.05) is 23.7 Å². The summed E-state index contributed by atoms with van der Waals surface area (Å²) in [5.74, 6) is 0.127. The van der Waals surface area contributed by atoms with Crippen LogP contribution in [0, 0.1) is 13.8 Å². The van der Waals surface area contributed by atoms with Crippen molar-refractivity contribution in [2.45, 2.75) is 26.8 Å².